The average Bonchev–Trinajstić information content (AvgIpc) is 3.10. The van der Waals surface area contributed by atoms with E-state index < -0.39 is 0 Å². The van der Waals surface area contributed by atoms with Crippen LogP contribution in [0.15, 0.2) is 66.7 Å². The Balaban J connectivity index is 1.59. The molecule has 0 radical (unpaired) electrons. The maximum absolute atomic E-state index is 5.65. The monoisotopic (exact) mass is 400 g/mol. The summed E-state index contributed by atoms with van der Waals surface area (Å²) in [5.41, 5.74) is 9.32. The fourth-order valence-electron chi connectivity index (χ4n) is 4.33. The summed E-state index contributed by atoms with van der Waals surface area (Å²) in [6.07, 6.45) is 0.972. The van der Waals surface area contributed by atoms with Crippen LogP contribution < -0.4 is 9.80 Å². The normalized spacial score (nSPS) is 14.1. The maximum Gasteiger partial charge on any atom is 0.0911 e. The quantitative estimate of drug-likeness (QED) is 0.509. The second kappa shape index (κ2) is 8.93. The molecule has 3 aromatic rings. The van der Waals surface area contributed by atoms with Gasteiger partial charge in [0.1, 0.15) is 0 Å². The lowest BCUT2D eigenvalue weighted by Crippen LogP contribution is -2.42. The topological polar surface area (TPSA) is 15.7 Å². The van der Waals surface area contributed by atoms with Gasteiger partial charge in [0.05, 0.1) is 30.7 Å². The van der Waals surface area contributed by atoms with E-state index in [2.05, 4.69) is 97.3 Å². The zero-order chi connectivity index (χ0) is 21.1. The van der Waals surface area contributed by atoms with Crippen LogP contribution in [0, 0.1) is 20.8 Å². The minimum Gasteiger partial charge on any atom is -0.383 e. The molecular weight excluding hydrogens is 368 g/mol. The number of hydrogen-bond donors (Lipinski definition) is 0. The predicted octanol–water partition coefficient (Wildman–Crippen LogP) is 5.65. The molecule has 0 fully saturated rings. The van der Waals surface area contributed by atoms with Gasteiger partial charge in [-0.25, -0.2) is 0 Å². The van der Waals surface area contributed by atoms with Gasteiger partial charge in [-0.2, -0.15) is 0 Å². The molecule has 0 saturated heterocycles. The molecule has 1 heterocycles. The third-order valence-electron chi connectivity index (χ3n) is 6.19. The highest BCUT2D eigenvalue weighted by atomic mass is 16.5. The first-order chi connectivity index (χ1) is 14.5. The lowest BCUT2D eigenvalue weighted by atomic mass is 10.0. The van der Waals surface area contributed by atoms with E-state index in [0.29, 0.717) is 12.6 Å². The van der Waals surface area contributed by atoms with Crippen molar-refractivity contribution in [2.45, 2.75) is 39.8 Å². The highest BCUT2D eigenvalue weighted by molar-refractivity contribution is 5.76. The Morgan fingerprint density at radius 3 is 2.23 bits per heavy atom. The fraction of sp³-hybridized carbons (Fsp3) is 0.333. The molecule has 0 amide bonds. The van der Waals surface area contributed by atoms with Crippen LogP contribution in [-0.2, 0) is 17.7 Å². The molecule has 0 bridgehead atoms. The van der Waals surface area contributed by atoms with Gasteiger partial charge in [-0.3, -0.25) is 0 Å². The van der Waals surface area contributed by atoms with E-state index in [1.54, 1.807) is 7.11 Å². The number of benzene rings is 3. The largest absolute Gasteiger partial charge is 0.383 e. The molecule has 0 spiro atoms. The van der Waals surface area contributed by atoms with E-state index >= 15 is 0 Å². The number of rotatable bonds is 7. The number of para-hydroxylation sites is 2. The molecule has 0 aromatic heterocycles. The number of fused-ring (bicyclic) bond motifs is 1. The summed E-state index contributed by atoms with van der Waals surface area (Å²) in [5.74, 6) is 0. The third kappa shape index (κ3) is 4.36. The van der Waals surface area contributed by atoms with E-state index in [0.717, 1.165) is 19.6 Å². The van der Waals surface area contributed by atoms with Crippen LogP contribution in [0.25, 0.3) is 0 Å². The number of ether oxygens (including phenoxy) is 1. The molecule has 1 aliphatic heterocycles. The van der Waals surface area contributed by atoms with Crippen molar-refractivity contribution in [3.05, 3.63) is 94.5 Å². The van der Waals surface area contributed by atoms with Gasteiger partial charge in [0.15, 0.2) is 0 Å². The highest BCUT2D eigenvalue weighted by Crippen LogP contribution is 2.38. The number of anilines is 2. The zero-order valence-electron chi connectivity index (χ0n) is 18.6. The second-order valence-corrected chi connectivity index (χ2v) is 8.52. The van der Waals surface area contributed by atoms with Crippen molar-refractivity contribution in [1.29, 1.82) is 0 Å². The Kier molecular flexibility index (Phi) is 6.10. The van der Waals surface area contributed by atoms with Crippen molar-refractivity contribution in [3.8, 4) is 0 Å². The summed E-state index contributed by atoms with van der Waals surface area (Å²) in [6, 6.07) is 24.7. The molecule has 0 unspecified atom stereocenters. The van der Waals surface area contributed by atoms with Crippen molar-refractivity contribution in [2.75, 3.05) is 30.2 Å². The van der Waals surface area contributed by atoms with E-state index in [1.807, 2.05) is 0 Å². The molecule has 0 aliphatic carbocycles. The van der Waals surface area contributed by atoms with Gasteiger partial charge in [0.2, 0.25) is 0 Å². The first kappa shape index (κ1) is 20.5. The number of nitrogens with zero attached hydrogens (tertiary/aromatic N) is 2. The van der Waals surface area contributed by atoms with Crippen molar-refractivity contribution >= 4 is 11.4 Å². The third-order valence-corrected chi connectivity index (χ3v) is 6.19. The zero-order valence-corrected chi connectivity index (χ0v) is 18.6. The van der Waals surface area contributed by atoms with Crippen molar-refractivity contribution in [3.63, 3.8) is 0 Å². The van der Waals surface area contributed by atoms with Gasteiger partial charge in [-0.05, 0) is 61.6 Å². The molecule has 0 saturated carbocycles. The number of methoxy groups -OCH3 is 1. The van der Waals surface area contributed by atoms with Crippen molar-refractivity contribution < 1.29 is 4.74 Å². The molecule has 30 heavy (non-hydrogen) atoms. The van der Waals surface area contributed by atoms with Gasteiger partial charge < -0.3 is 14.5 Å². The van der Waals surface area contributed by atoms with Gasteiger partial charge in [0.25, 0.3) is 0 Å². The summed E-state index contributed by atoms with van der Waals surface area (Å²) in [4.78, 5) is 5.00. The standard InChI is InChI=1S/C27H32N2O/c1-20-9-12-23(13-10-20)16-25(18-30-4)29-19-28(26-7-5-6-8-27(26)29)17-24-14-11-21(2)22(3)15-24/h5-15,25H,16-19H2,1-4H3/t25-/m0/s1. The Labute approximate surface area is 180 Å². The van der Waals surface area contributed by atoms with Crippen LogP contribution >= 0.6 is 0 Å². The molecule has 4 rings (SSSR count). The van der Waals surface area contributed by atoms with Crippen LogP contribution in [-0.4, -0.2) is 26.4 Å². The van der Waals surface area contributed by atoms with E-state index in [-0.39, 0.29) is 0 Å². The van der Waals surface area contributed by atoms with Crippen molar-refractivity contribution in [1.82, 2.24) is 0 Å². The molecule has 3 heteroatoms. The van der Waals surface area contributed by atoms with Gasteiger partial charge in [-0.1, -0.05) is 60.2 Å². The SMILES string of the molecule is COC[C@H](Cc1ccc(C)cc1)N1CN(Cc2ccc(C)c(C)c2)c2ccccc21. The first-order valence-corrected chi connectivity index (χ1v) is 10.8. The van der Waals surface area contributed by atoms with E-state index in [1.165, 1.54) is 39.2 Å². The number of aryl methyl sites for hydroxylation is 3. The molecule has 156 valence electrons. The van der Waals surface area contributed by atoms with E-state index in [9.17, 15) is 0 Å². The molecule has 3 nitrogen and oxygen atoms in total. The molecule has 0 N–H and O–H groups in total. The van der Waals surface area contributed by atoms with Crippen LogP contribution in [0.3, 0.4) is 0 Å². The van der Waals surface area contributed by atoms with Crippen LogP contribution in [0.1, 0.15) is 27.8 Å². The summed E-state index contributed by atoms with van der Waals surface area (Å²) in [6.45, 7) is 9.01. The lowest BCUT2D eigenvalue weighted by Gasteiger charge is -2.30. The molecule has 1 atom stereocenters. The predicted molar refractivity (Wildman–Crippen MR) is 126 cm³/mol. The summed E-state index contributed by atoms with van der Waals surface area (Å²) < 4.78 is 5.65. The highest BCUT2D eigenvalue weighted by Gasteiger charge is 2.30. The summed E-state index contributed by atoms with van der Waals surface area (Å²) in [5, 5.41) is 0. The Bertz CT molecular complexity index is 996. The van der Waals surface area contributed by atoms with Crippen LogP contribution in [0.4, 0.5) is 11.4 Å². The number of hydrogen-bond acceptors (Lipinski definition) is 3. The van der Waals surface area contributed by atoms with Crippen LogP contribution in [0.5, 0.6) is 0 Å². The Morgan fingerprint density at radius 2 is 1.53 bits per heavy atom. The minimum absolute atomic E-state index is 0.295. The van der Waals surface area contributed by atoms with Gasteiger partial charge in [0, 0.05) is 13.7 Å². The minimum atomic E-state index is 0.295. The first-order valence-electron chi connectivity index (χ1n) is 10.8. The van der Waals surface area contributed by atoms with E-state index in [4.69, 9.17) is 4.74 Å². The fourth-order valence-corrected chi connectivity index (χ4v) is 4.33. The lowest BCUT2D eigenvalue weighted by molar-refractivity contribution is 0.176. The Hall–Kier alpha value is -2.78. The van der Waals surface area contributed by atoms with Crippen LogP contribution in [0.2, 0.25) is 0 Å². The molecule has 1 aliphatic rings. The maximum atomic E-state index is 5.65. The summed E-state index contributed by atoms with van der Waals surface area (Å²) >= 11 is 0. The van der Waals surface area contributed by atoms with Crippen molar-refractivity contribution in [2.24, 2.45) is 0 Å². The molecular formula is C27H32N2O. The van der Waals surface area contributed by atoms with Gasteiger partial charge in [-0.15, -0.1) is 0 Å². The molecule has 3 aromatic carbocycles. The van der Waals surface area contributed by atoms with Gasteiger partial charge >= 0.3 is 0 Å². The average molecular weight is 401 g/mol. The smallest absolute Gasteiger partial charge is 0.0911 e. The second-order valence-electron chi connectivity index (χ2n) is 8.52. The summed E-state index contributed by atoms with van der Waals surface area (Å²) in [7, 11) is 1.80. The Morgan fingerprint density at radius 1 is 0.833 bits per heavy atom.